The zero-order chi connectivity index (χ0) is 10.4. The Kier molecular flexibility index (Phi) is 4.19. The first kappa shape index (κ1) is 10.8. The number of pyridine rings is 1. The monoisotopic (exact) mass is 214 g/mol. The van der Waals surface area contributed by atoms with Crippen molar-refractivity contribution in [1.29, 1.82) is 0 Å². The zero-order valence-corrected chi connectivity index (χ0v) is 8.37. The summed E-state index contributed by atoms with van der Waals surface area (Å²) in [7, 11) is 0. The molecule has 1 aromatic rings. The summed E-state index contributed by atoms with van der Waals surface area (Å²) in [6.45, 7) is 2.22. The highest BCUT2D eigenvalue weighted by molar-refractivity contribution is 6.30. The molecular formula is C9H9ClNO3. The lowest BCUT2D eigenvalue weighted by atomic mass is 10.5. The molecule has 0 bridgehead atoms. The average Bonchev–Trinajstić information content (AvgIpc) is 2.18. The van der Waals surface area contributed by atoms with E-state index in [-0.39, 0.29) is 5.88 Å². The van der Waals surface area contributed by atoms with Gasteiger partial charge in [0.05, 0.1) is 17.8 Å². The molecule has 0 spiro atoms. The third-order valence-electron chi connectivity index (χ3n) is 1.25. The summed E-state index contributed by atoms with van der Waals surface area (Å²) in [4.78, 5) is 14.7. The van der Waals surface area contributed by atoms with Crippen molar-refractivity contribution in [3.05, 3.63) is 23.4 Å². The van der Waals surface area contributed by atoms with E-state index in [4.69, 9.17) is 16.3 Å². The fourth-order valence-electron chi connectivity index (χ4n) is 0.682. The van der Waals surface area contributed by atoms with E-state index in [0.717, 1.165) is 6.42 Å². The van der Waals surface area contributed by atoms with E-state index in [2.05, 4.69) is 15.8 Å². The number of carbonyl (C=O) groups is 1. The highest BCUT2D eigenvalue weighted by atomic mass is 35.5. The number of hydrogen-bond donors (Lipinski definition) is 0. The molecule has 75 valence electrons. The Morgan fingerprint density at radius 3 is 3.07 bits per heavy atom. The largest absolute Gasteiger partial charge is 0.515 e. The van der Waals surface area contributed by atoms with Crippen LogP contribution in [0, 0.1) is 6.07 Å². The number of halogens is 1. The van der Waals surface area contributed by atoms with Gasteiger partial charge in [0, 0.05) is 12.1 Å². The zero-order valence-electron chi connectivity index (χ0n) is 7.62. The van der Waals surface area contributed by atoms with E-state index < -0.39 is 6.16 Å². The summed E-state index contributed by atoms with van der Waals surface area (Å²) in [6.07, 6.45) is 1.31. The molecule has 0 saturated carbocycles. The predicted octanol–water partition coefficient (Wildman–Crippen LogP) is 2.46. The Morgan fingerprint density at radius 1 is 1.71 bits per heavy atom. The van der Waals surface area contributed by atoms with Gasteiger partial charge in [-0.2, -0.15) is 0 Å². The topological polar surface area (TPSA) is 48.4 Å². The van der Waals surface area contributed by atoms with E-state index in [9.17, 15) is 4.79 Å². The highest BCUT2D eigenvalue weighted by Gasteiger charge is 2.05. The van der Waals surface area contributed by atoms with Gasteiger partial charge in [-0.25, -0.2) is 9.78 Å². The molecular weight excluding hydrogens is 206 g/mol. The molecule has 0 aliphatic heterocycles. The molecule has 0 atom stereocenters. The molecule has 1 heterocycles. The van der Waals surface area contributed by atoms with Gasteiger partial charge >= 0.3 is 6.16 Å². The molecule has 0 unspecified atom stereocenters. The van der Waals surface area contributed by atoms with Gasteiger partial charge in [-0.15, -0.1) is 0 Å². The molecule has 0 saturated heterocycles. The standard InChI is InChI=1S/C9H9ClNO3/c1-2-5-13-9(12)14-8-4-3-7(10)6-11-8/h4,6H,2,5H2,1H3. The highest BCUT2D eigenvalue weighted by Crippen LogP contribution is 2.10. The van der Waals surface area contributed by atoms with E-state index >= 15 is 0 Å². The molecule has 14 heavy (non-hydrogen) atoms. The Bertz CT molecular complexity index is 299. The number of ether oxygens (including phenoxy) is 2. The van der Waals surface area contributed by atoms with Crippen LogP contribution < -0.4 is 4.74 Å². The molecule has 1 aromatic heterocycles. The Labute approximate surface area is 86.8 Å². The van der Waals surface area contributed by atoms with Crippen molar-refractivity contribution in [2.45, 2.75) is 13.3 Å². The van der Waals surface area contributed by atoms with Crippen molar-refractivity contribution in [2.75, 3.05) is 6.61 Å². The molecule has 0 aliphatic rings. The van der Waals surface area contributed by atoms with Gasteiger partial charge in [0.25, 0.3) is 0 Å². The lowest BCUT2D eigenvalue weighted by Crippen LogP contribution is -2.11. The van der Waals surface area contributed by atoms with Crippen molar-refractivity contribution >= 4 is 17.8 Å². The van der Waals surface area contributed by atoms with Crippen LogP contribution in [0.5, 0.6) is 5.88 Å². The summed E-state index contributed by atoms with van der Waals surface area (Å²) in [5, 5.41) is 0.360. The van der Waals surface area contributed by atoms with Crippen LogP contribution in [0.25, 0.3) is 0 Å². The van der Waals surface area contributed by atoms with Crippen LogP contribution in [0.15, 0.2) is 12.3 Å². The minimum absolute atomic E-state index is 0.121. The second-order valence-corrected chi connectivity index (χ2v) is 2.84. The first-order valence-electron chi connectivity index (χ1n) is 4.10. The lowest BCUT2D eigenvalue weighted by molar-refractivity contribution is 0.0976. The van der Waals surface area contributed by atoms with Gasteiger partial charge < -0.3 is 9.47 Å². The summed E-state index contributed by atoms with van der Waals surface area (Å²) in [5.74, 6) is 0.121. The summed E-state index contributed by atoms with van der Waals surface area (Å²) >= 11 is 5.54. The molecule has 0 amide bonds. The van der Waals surface area contributed by atoms with Crippen LogP contribution in [0.1, 0.15) is 13.3 Å². The van der Waals surface area contributed by atoms with E-state index in [1.54, 1.807) is 0 Å². The van der Waals surface area contributed by atoms with Crippen molar-refractivity contribution < 1.29 is 14.3 Å². The van der Waals surface area contributed by atoms with Gasteiger partial charge in [0.1, 0.15) is 0 Å². The van der Waals surface area contributed by atoms with E-state index in [1.165, 1.54) is 12.3 Å². The summed E-state index contributed by atoms with van der Waals surface area (Å²) in [6, 6.07) is 4.00. The van der Waals surface area contributed by atoms with Crippen LogP contribution in [0.2, 0.25) is 5.02 Å². The van der Waals surface area contributed by atoms with Crippen molar-refractivity contribution in [3.63, 3.8) is 0 Å². The average molecular weight is 215 g/mol. The number of carbonyl (C=O) groups excluding carboxylic acids is 1. The van der Waals surface area contributed by atoms with Gasteiger partial charge in [0.2, 0.25) is 5.88 Å². The van der Waals surface area contributed by atoms with Gasteiger partial charge in [-0.05, 0) is 6.42 Å². The lowest BCUT2D eigenvalue weighted by Gasteiger charge is -2.02. The Balaban J connectivity index is 2.44. The first-order chi connectivity index (χ1) is 6.72. The summed E-state index contributed by atoms with van der Waals surface area (Å²) in [5.41, 5.74) is 0. The predicted molar refractivity (Wildman–Crippen MR) is 50.4 cm³/mol. The molecule has 1 radical (unpaired) electrons. The second kappa shape index (κ2) is 5.44. The number of rotatable bonds is 3. The van der Waals surface area contributed by atoms with Gasteiger partial charge in [0.15, 0.2) is 0 Å². The molecule has 0 aliphatic carbocycles. The van der Waals surface area contributed by atoms with Crippen LogP contribution in [-0.2, 0) is 4.74 Å². The third kappa shape index (κ3) is 3.62. The quantitative estimate of drug-likeness (QED) is 0.726. The fraction of sp³-hybridized carbons (Fsp3) is 0.333. The van der Waals surface area contributed by atoms with Crippen molar-refractivity contribution in [3.8, 4) is 5.88 Å². The Morgan fingerprint density at radius 2 is 2.50 bits per heavy atom. The fourth-order valence-corrected chi connectivity index (χ4v) is 0.785. The minimum atomic E-state index is -0.768. The molecule has 1 rings (SSSR count). The van der Waals surface area contributed by atoms with Crippen molar-refractivity contribution in [2.24, 2.45) is 0 Å². The smallest absolute Gasteiger partial charge is 0.434 e. The Hall–Kier alpha value is -1.29. The van der Waals surface area contributed by atoms with Crippen molar-refractivity contribution in [1.82, 2.24) is 4.98 Å². The maximum atomic E-state index is 10.9. The number of hydrogen-bond acceptors (Lipinski definition) is 4. The maximum absolute atomic E-state index is 10.9. The van der Waals surface area contributed by atoms with Gasteiger partial charge in [-0.1, -0.05) is 18.5 Å². The second-order valence-electron chi connectivity index (χ2n) is 2.43. The molecule has 0 fully saturated rings. The molecule has 0 N–H and O–H groups in total. The molecule has 5 heteroatoms. The van der Waals surface area contributed by atoms with Crippen LogP contribution >= 0.6 is 11.6 Å². The molecule has 4 nitrogen and oxygen atoms in total. The van der Waals surface area contributed by atoms with Gasteiger partial charge in [-0.3, -0.25) is 0 Å². The first-order valence-corrected chi connectivity index (χ1v) is 4.48. The van der Waals surface area contributed by atoms with Crippen LogP contribution in [-0.4, -0.2) is 17.7 Å². The van der Waals surface area contributed by atoms with Crippen LogP contribution in [0.3, 0.4) is 0 Å². The third-order valence-corrected chi connectivity index (χ3v) is 1.46. The maximum Gasteiger partial charge on any atom is 0.515 e. The molecule has 0 aromatic carbocycles. The van der Waals surface area contributed by atoms with E-state index in [1.807, 2.05) is 6.92 Å². The van der Waals surface area contributed by atoms with E-state index in [0.29, 0.717) is 11.6 Å². The minimum Gasteiger partial charge on any atom is -0.434 e. The van der Waals surface area contributed by atoms with Crippen LogP contribution in [0.4, 0.5) is 4.79 Å². The SMILES string of the molecule is CCCOC(=O)Oc1c[c]c(Cl)cn1. The summed E-state index contributed by atoms with van der Waals surface area (Å²) < 4.78 is 9.39. The number of nitrogens with zero attached hydrogens (tertiary/aromatic N) is 1. The normalized spacial score (nSPS) is 9.57. The number of aromatic nitrogens is 1.